The van der Waals surface area contributed by atoms with Gasteiger partial charge in [0.25, 0.3) is 0 Å². The first-order valence-electron chi connectivity index (χ1n) is 7.98. The van der Waals surface area contributed by atoms with E-state index in [1.54, 1.807) is 20.8 Å². The van der Waals surface area contributed by atoms with Crippen LogP contribution in [0.15, 0.2) is 0 Å². The zero-order valence-corrected chi connectivity index (χ0v) is 15.6. The molecule has 0 aliphatic carbocycles. The van der Waals surface area contributed by atoms with E-state index in [1.807, 2.05) is 20.8 Å². The summed E-state index contributed by atoms with van der Waals surface area (Å²) in [5, 5.41) is 2.85. The zero-order chi connectivity index (χ0) is 18.7. The Kier molecular flexibility index (Phi) is 6.08. The third kappa shape index (κ3) is 5.90. The molecule has 1 fully saturated rings. The van der Waals surface area contributed by atoms with Gasteiger partial charge in [-0.2, -0.15) is 0 Å². The van der Waals surface area contributed by atoms with Gasteiger partial charge in [-0.25, -0.2) is 9.59 Å². The molecule has 1 atom stereocenters. The average Bonchev–Trinajstić information content (AvgIpc) is 2.42. The summed E-state index contributed by atoms with van der Waals surface area (Å²) in [6, 6.07) is -0.827. The molecular formula is C16H29N3O5. The standard InChI is InChI=1S/C16H29N3O5/c1-15(2,3)17-12(20)11-10-18(13(21)23-7)8-9-19(11)14(22)24-16(4,5)6/h11H,8-10H2,1-7H3,(H,17,20)/t11-/m1/s1. The molecule has 0 bridgehead atoms. The summed E-state index contributed by atoms with van der Waals surface area (Å²) >= 11 is 0. The maximum absolute atomic E-state index is 12.6. The fourth-order valence-corrected chi connectivity index (χ4v) is 2.29. The molecule has 0 unspecified atom stereocenters. The summed E-state index contributed by atoms with van der Waals surface area (Å²) in [6.45, 7) is 11.4. The Labute approximate surface area is 143 Å². The van der Waals surface area contributed by atoms with Gasteiger partial charge in [0.2, 0.25) is 5.91 Å². The van der Waals surface area contributed by atoms with Gasteiger partial charge in [0.05, 0.1) is 13.7 Å². The number of carbonyl (C=O) groups is 3. The van der Waals surface area contributed by atoms with Crippen LogP contribution in [0.1, 0.15) is 41.5 Å². The van der Waals surface area contributed by atoms with Crippen LogP contribution in [0.25, 0.3) is 0 Å². The van der Waals surface area contributed by atoms with E-state index in [-0.39, 0.29) is 25.5 Å². The van der Waals surface area contributed by atoms with E-state index in [4.69, 9.17) is 9.47 Å². The lowest BCUT2D eigenvalue weighted by Gasteiger charge is -2.41. The van der Waals surface area contributed by atoms with Crippen LogP contribution in [0.5, 0.6) is 0 Å². The minimum atomic E-state index is -0.827. The van der Waals surface area contributed by atoms with E-state index in [0.717, 1.165) is 0 Å². The molecule has 1 N–H and O–H groups in total. The lowest BCUT2D eigenvalue weighted by atomic mass is 10.1. The maximum Gasteiger partial charge on any atom is 0.411 e. The van der Waals surface area contributed by atoms with Crippen molar-refractivity contribution in [1.29, 1.82) is 0 Å². The molecule has 0 spiro atoms. The molecule has 0 aromatic heterocycles. The van der Waals surface area contributed by atoms with Gasteiger partial charge in [0, 0.05) is 18.6 Å². The molecular weight excluding hydrogens is 314 g/mol. The Bertz CT molecular complexity index is 493. The smallest absolute Gasteiger partial charge is 0.411 e. The van der Waals surface area contributed by atoms with Crippen LogP contribution in [0.4, 0.5) is 9.59 Å². The van der Waals surface area contributed by atoms with E-state index in [2.05, 4.69) is 5.32 Å². The summed E-state index contributed by atoms with van der Waals surface area (Å²) in [6.07, 6.45) is -1.09. The summed E-state index contributed by atoms with van der Waals surface area (Å²) in [5.74, 6) is -0.332. The molecule has 0 saturated carbocycles. The highest BCUT2D eigenvalue weighted by Crippen LogP contribution is 2.17. The van der Waals surface area contributed by atoms with Gasteiger partial charge in [-0.3, -0.25) is 9.69 Å². The molecule has 0 aromatic rings. The fourth-order valence-electron chi connectivity index (χ4n) is 2.29. The van der Waals surface area contributed by atoms with Crippen LogP contribution >= 0.6 is 0 Å². The number of ether oxygens (including phenoxy) is 2. The number of nitrogens with one attached hydrogen (secondary N) is 1. The molecule has 138 valence electrons. The first kappa shape index (κ1) is 20.1. The van der Waals surface area contributed by atoms with Gasteiger partial charge in [-0.1, -0.05) is 0 Å². The Morgan fingerprint density at radius 2 is 1.58 bits per heavy atom. The van der Waals surface area contributed by atoms with Gasteiger partial charge >= 0.3 is 12.2 Å². The normalized spacial score (nSPS) is 18.9. The third-order valence-electron chi connectivity index (χ3n) is 3.24. The van der Waals surface area contributed by atoms with Crippen molar-refractivity contribution >= 4 is 18.1 Å². The number of rotatable bonds is 1. The number of hydrogen-bond acceptors (Lipinski definition) is 5. The first-order chi connectivity index (χ1) is 10.8. The molecule has 1 saturated heterocycles. The first-order valence-corrected chi connectivity index (χ1v) is 7.98. The topological polar surface area (TPSA) is 88.2 Å². The van der Waals surface area contributed by atoms with Crippen LogP contribution in [-0.4, -0.2) is 71.8 Å². The second-order valence-electron chi connectivity index (χ2n) is 7.84. The summed E-state index contributed by atoms with van der Waals surface area (Å²) in [7, 11) is 1.28. The molecule has 3 amide bonds. The highest BCUT2D eigenvalue weighted by atomic mass is 16.6. The molecule has 1 aliphatic rings. The predicted molar refractivity (Wildman–Crippen MR) is 88.6 cm³/mol. The average molecular weight is 343 g/mol. The van der Waals surface area contributed by atoms with Crippen molar-refractivity contribution in [1.82, 2.24) is 15.1 Å². The summed E-state index contributed by atoms with van der Waals surface area (Å²) in [5.41, 5.74) is -1.12. The van der Waals surface area contributed by atoms with Crippen molar-refractivity contribution in [2.24, 2.45) is 0 Å². The number of carbonyl (C=O) groups excluding carboxylic acids is 3. The van der Waals surface area contributed by atoms with E-state index in [0.29, 0.717) is 0 Å². The highest BCUT2D eigenvalue weighted by molar-refractivity contribution is 5.87. The second-order valence-corrected chi connectivity index (χ2v) is 7.84. The SMILES string of the molecule is COC(=O)N1CCN(C(=O)OC(C)(C)C)[C@@H](C(=O)NC(C)(C)C)C1. The van der Waals surface area contributed by atoms with Crippen LogP contribution in [0.2, 0.25) is 0 Å². The summed E-state index contributed by atoms with van der Waals surface area (Å²) < 4.78 is 10.1. The second kappa shape index (κ2) is 7.27. The molecule has 1 heterocycles. The number of nitrogens with zero attached hydrogens (tertiary/aromatic N) is 2. The Balaban J connectivity index is 2.97. The minimum Gasteiger partial charge on any atom is -0.453 e. The predicted octanol–water partition coefficient (Wildman–Crippen LogP) is 1.59. The third-order valence-corrected chi connectivity index (χ3v) is 3.24. The number of hydrogen-bond donors (Lipinski definition) is 1. The van der Waals surface area contributed by atoms with Crippen LogP contribution in [0, 0.1) is 0 Å². The van der Waals surface area contributed by atoms with Crippen molar-refractivity contribution in [3.05, 3.63) is 0 Å². The molecule has 0 radical (unpaired) electrons. The number of piperazine rings is 1. The van der Waals surface area contributed by atoms with E-state index < -0.39 is 29.4 Å². The van der Waals surface area contributed by atoms with Crippen LogP contribution < -0.4 is 5.32 Å². The molecule has 24 heavy (non-hydrogen) atoms. The molecule has 8 heteroatoms. The monoisotopic (exact) mass is 343 g/mol. The van der Waals surface area contributed by atoms with Crippen molar-refractivity contribution in [2.45, 2.75) is 58.7 Å². The van der Waals surface area contributed by atoms with Gasteiger partial charge < -0.3 is 19.7 Å². The van der Waals surface area contributed by atoms with E-state index >= 15 is 0 Å². The van der Waals surface area contributed by atoms with Gasteiger partial charge in [0.1, 0.15) is 11.6 Å². The largest absolute Gasteiger partial charge is 0.453 e. The zero-order valence-electron chi connectivity index (χ0n) is 15.6. The molecule has 1 rings (SSSR count). The van der Waals surface area contributed by atoms with Crippen molar-refractivity contribution in [2.75, 3.05) is 26.7 Å². The van der Waals surface area contributed by atoms with E-state index in [9.17, 15) is 14.4 Å². The minimum absolute atomic E-state index is 0.0633. The fraction of sp³-hybridized carbons (Fsp3) is 0.812. The van der Waals surface area contributed by atoms with Gasteiger partial charge in [-0.05, 0) is 41.5 Å². The quantitative estimate of drug-likeness (QED) is 0.781. The Morgan fingerprint density at radius 1 is 1.00 bits per heavy atom. The Hall–Kier alpha value is -1.99. The lowest BCUT2D eigenvalue weighted by Crippen LogP contribution is -2.63. The lowest BCUT2D eigenvalue weighted by molar-refractivity contribution is -0.129. The number of methoxy groups -OCH3 is 1. The van der Waals surface area contributed by atoms with Crippen molar-refractivity contribution < 1.29 is 23.9 Å². The maximum atomic E-state index is 12.6. The highest BCUT2D eigenvalue weighted by Gasteiger charge is 2.40. The summed E-state index contributed by atoms with van der Waals surface area (Å²) in [4.78, 5) is 39.6. The van der Waals surface area contributed by atoms with E-state index in [1.165, 1.54) is 16.9 Å². The van der Waals surface area contributed by atoms with Crippen molar-refractivity contribution in [3.8, 4) is 0 Å². The number of amides is 3. The van der Waals surface area contributed by atoms with Crippen LogP contribution in [-0.2, 0) is 14.3 Å². The van der Waals surface area contributed by atoms with Gasteiger partial charge in [-0.15, -0.1) is 0 Å². The van der Waals surface area contributed by atoms with Gasteiger partial charge in [0.15, 0.2) is 0 Å². The van der Waals surface area contributed by atoms with Crippen molar-refractivity contribution in [3.63, 3.8) is 0 Å². The molecule has 8 nitrogen and oxygen atoms in total. The Morgan fingerprint density at radius 3 is 2.04 bits per heavy atom. The molecule has 0 aromatic carbocycles. The van der Waals surface area contributed by atoms with Crippen LogP contribution in [0.3, 0.4) is 0 Å². The molecule has 1 aliphatic heterocycles.